The van der Waals surface area contributed by atoms with Gasteiger partial charge in [0.25, 0.3) is 5.56 Å². The molecule has 7 heteroatoms. The highest BCUT2D eigenvalue weighted by atomic mass is 16.5. The molecule has 1 aromatic carbocycles. The zero-order chi connectivity index (χ0) is 17.9. The Hall–Kier alpha value is -2.54. The van der Waals surface area contributed by atoms with Gasteiger partial charge in [0.1, 0.15) is 5.69 Å². The highest BCUT2D eigenvalue weighted by Crippen LogP contribution is 2.19. The maximum Gasteiger partial charge on any atom is 0.270 e. The fourth-order valence-electron chi connectivity index (χ4n) is 3.46. The number of piperidine rings is 1. The van der Waals surface area contributed by atoms with Crippen molar-refractivity contribution in [3.05, 3.63) is 52.0 Å². The van der Waals surface area contributed by atoms with Gasteiger partial charge in [0, 0.05) is 19.3 Å². The van der Waals surface area contributed by atoms with E-state index in [-0.39, 0.29) is 5.56 Å². The Labute approximate surface area is 151 Å². The van der Waals surface area contributed by atoms with Crippen LogP contribution in [0.25, 0.3) is 11.0 Å². The normalized spacial score (nSPS) is 16.3. The number of aromatic nitrogens is 4. The number of rotatable bonds is 5. The molecular formula is C19H23N5O2. The molecule has 26 heavy (non-hydrogen) atoms. The molecule has 0 unspecified atom stereocenters. The van der Waals surface area contributed by atoms with Crippen molar-refractivity contribution in [1.82, 2.24) is 25.0 Å². The van der Waals surface area contributed by atoms with Crippen LogP contribution in [0.5, 0.6) is 0 Å². The maximum atomic E-state index is 12.2. The number of nitrogens with zero attached hydrogens (tertiary/aromatic N) is 4. The molecule has 7 nitrogen and oxygen atoms in total. The van der Waals surface area contributed by atoms with Crippen LogP contribution in [0.3, 0.4) is 0 Å². The SMILES string of the molecule is CN1CCC(Cc2noc(CCc3nc4ccccc4[nH]c3=O)n2)CC1. The number of hydrogen-bond acceptors (Lipinski definition) is 6. The fourth-order valence-corrected chi connectivity index (χ4v) is 3.46. The van der Waals surface area contributed by atoms with Crippen molar-refractivity contribution in [2.75, 3.05) is 20.1 Å². The van der Waals surface area contributed by atoms with Crippen LogP contribution in [0, 0.1) is 5.92 Å². The van der Waals surface area contributed by atoms with E-state index in [4.69, 9.17) is 4.52 Å². The molecule has 1 N–H and O–H groups in total. The van der Waals surface area contributed by atoms with Gasteiger partial charge >= 0.3 is 0 Å². The van der Waals surface area contributed by atoms with Crippen molar-refractivity contribution in [3.63, 3.8) is 0 Å². The zero-order valence-electron chi connectivity index (χ0n) is 14.9. The van der Waals surface area contributed by atoms with Crippen LogP contribution in [0.15, 0.2) is 33.6 Å². The molecule has 0 bridgehead atoms. The minimum atomic E-state index is -0.158. The third kappa shape index (κ3) is 3.83. The van der Waals surface area contributed by atoms with E-state index in [1.807, 2.05) is 24.3 Å². The number of likely N-dealkylation sites (tertiary alicyclic amines) is 1. The van der Waals surface area contributed by atoms with Gasteiger partial charge in [0.05, 0.1) is 11.0 Å². The van der Waals surface area contributed by atoms with Crippen LogP contribution < -0.4 is 5.56 Å². The third-order valence-electron chi connectivity index (χ3n) is 5.06. The second-order valence-corrected chi connectivity index (χ2v) is 7.08. The molecule has 1 saturated heterocycles. The molecule has 0 aliphatic carbocycles. The van der Waals surface area contributed by atoms with Crippen molar-refractivity contribution in [1.29, 1.82) is 0 Å². The molecular weight excluding hydrogens is 330 g/mol. The van der Waals surface area contributed by atoms with E-state index >= 15 is 0 Å². The molecule has 0 amide bonds. The summed E-state index contributed by atoms with van der Waals surface area (Å²) in [6, 6.07) is 7.52. The minimum Gasteiger partial charge on any atom is -0.339 e. The largest absolute Gasteiger partial charge is 0.339 e. The molecule has 136 valence electrons. The molecule has 2 aromatic heterocycles. The van der Waals surface area contributed by atoms with Crippen molar-refractivity contribution in [3.8, 4) is 0 Å². The van der Waals surface area contributed by atoms with E-state index in [2.05, 4.69) is 32.1 Å². The number of benzene rings is 1. The van der Waals surface area contributed by atoms with E-state index in [9.17, 15) is 4.79 Å². The molecule has 1 aliphatic heterocycles. The number of para-hydroxylation sites is 2. The first-order chi connectivity index (χ1) is 12.7. The predicted molar refractivity (Wildman–Crippen MR) is 98.0 cm³/mol. The number of aryl methyl sites for hydroxylation is 2. The highest BCUT2D eigenvalue weighted by Gasteiger charge is 2.19. The third-order valence-corrected chi connectivity index (χ3v) is 5.06. The van der Waals surface area contributed by atoms with Gasteiger partial charge in [0.15, 0.2) is 5.82 Å². The number of hydrogen-bond donors (Lipinski definition) is 1. The summed E-state index contributed by atoms with van der Waals surface area (Å²) in [5, 5.41) is 4.11. The van der Waals surface area contributed by atoms with Crippen LogP contribution in [-0.4, -0.2) is 45.1 Å². The van der Waals surface area contributed by atoms with Crippen LogP contribution in [0.2, 0.25) is 0 Å². The number of fused-ring (bicyclic) bond motifs is 1. The quantitative estimate of drug-likeness (QED) is 0.754. The average Bonchev–Trinajstić information content (AvgIpc) is 3.09. The van der Waals surface area contributed by atoms with Gasteiger partial charge in [-0.15, -0.1) is 0 Å². The molecule has 0 spiro atoms. The Morgan fingerprint density at radius 1 is 1.19 bits per heavy atom. The average molecular weight is 353 g/mol. The van der Waals surface area contributed by atoms with Crippen molar-refractivity contribution < 1.29 is 4.52 Å². The molecule has 0 radical (unpaired) electrons. The standard InChI is InChI=1S/C19H23N5O2/c1-24-10-8-13(9-11-24)12-17-22-18(26-23-17)7-6-16-19(25)21-15-5-3-2-4-14(15)20-16/h2-5,13H,6-12H2,1H3,(H,21,25). The summed E-state index contributed by atoms with van der Waals surface area (Å²) in [4.78, 5) is 26.3. The predicted octanol–water partition coefficient (Wildman–Crippen LogP) is 1.98. The van der Waals surface area contributed by atoms with Crippen molar-refractivity contribution in [2.45, 2.75) is 32.1 Å². The fraction of sp³-hybridized carbons (Fsp3) is 0.474. The molecule has 3 aromatic rings. The van der Waals surface area contributed by atoms with E-state index < -0.39 is 0 Å². The highest BCUT2D eigenvalue weighted by molar-refractivity contribution is 5.73. The zero-order valence-corrected chi connectivity index (χ0v) is 14.9. The van der Waals surface area contributed by atoms with Gasteiger partial charge in [-0.05, 0) is 51.0 Å². The summed E-state index contributed by atoms with van der Waals surface area (Å²) < 4.78 is 5.36. The lowest BCUT2D eigenvalue weighted by atomic mass is 9.94. The topological polar surface area (TPSA) is 87.9 Å². The summed E-state index contributed by atoms with van der Waals surface area (Å²) in [5.74, 6) is 1.97. The Morgan fingerprint density at radius 2 is 2.00 bits per heavy atom. The van der Waals surface area contributed by atoms with Crippen molar-refractivity contribution in [2.24, 2.45) is 5.92 Å². The first-order valence-corrected chi connectivity index (χ1v) is 9.15. The van der Waals surface area contributed by atoms with E-state index in [1.54, 1.807) is 0 Å². The lowest BCUT2D eigenvalue weighted by Crippen LogP contribution is -2.31. The summed E-state index contributed by atoms with van der Waals surface area (Å²) in [7, 11) is 2.16. The molecule has 1 aliphatic rings. The van der Waals surface area contributed by atoms with Gasteiger partial charge in [-0.25, -0.2) is 4.98 Å². The van der Waals surface area contributed by atoms with Gasteiger partial charge in [-0.2, -0.15) is 4.98 Å². The molecule has 1 fully saturated rings. The molecule has 0 atom stereocenters. The Morgan fingerprint density at radius 3 is 2.85 bits per heavy atom. The summed E-state index contributed by atoms with van der Waals surface area (Å²) in [6.45, 7) is 2.26. The van der Waals surface area contributed by atoms with E-state index in [0.29, 0.717) is 30.3 Å². The van der Waals surface area contributed by atoms with Crippen LogP contribution in [0.4, 0.5) is 0 Å². The van der Waals surface area contributed by atoms with Crippen LogP contribution in [0.1, 0.15) is 30.3 Å². The maximum absolute atomic E-state index is 12.2. The number of nitrogens with one attached hydrogen (secondary N) is 1. The van der Waals surface area contributed by atoms with Gasteiger partial charge in [-0.1, -0.05) is 17.3 Å². The molecule has 0 saturated carbocycles. The van der Waals surface area contributed by atoms with Gasteiger partial charge in [-0.3, -0.25) is 4.79 Å². The smallest absolute Gasteiger partial charge is 0.270 e. The number of H-pyrrole nitrogens is 1. The second-order valence-electron chi connectivity index (χ2n) is 7.08. The number of aromatic amines is 1. The van der Waals surface area contributed by atoms with E-state index in [1.165, 1.54) is 12.8 Å². The van der Waals surface area contributed by atoms with Gasteiger partial charge < -0.3 is 14.4 Å². The first kappa shape index (κ1) is 16.9. The summed E-state index contributed by atoms with van der Waals surface area (Å²) in [5.41, 5.74) is 1.88. The lowest BCUT2D eigenvalue weighted by Gasteiger charge is -2.27. The van der Waals surface area contributed by atoms with Crippen LogP contribution in [-0.2, 0) is 19.3 Å². The molecule has 4 rings (SSSR count). The minimum absolute atomic E-state index is 0.158. The summed E-state index contributed by atoms with van der Waals surface area (Å²) >= 11 is 0. The Balaban J connectivity index is 1.39. The van der Waals surface area contributed by atoms with Crippen LogP contribution >= 0.6 is 0 Å². The monoisotopic (exact) mass is 353 g/mol. The second kappa shape index (κ2) is 7.37. The van der Waals surface area contributed by atoms with Gasteiger partial charge in [0.2, 0.25) is 5.89 Å². The Kier molecular flexibility index (Phi) is 4.79. The Bertz CT molecular complexity index is 940. The van der Waals surface area contributed by atoms with Crippen molar-refractivity contribution >= 4 is 11.0 Å². The first-order valence-electron chi connectivity index (χ1n) is 9.15. The lowest BCUT2D eigenvalue weighted by molar-refractivity contribution is 0.216. The summed E-state index contributed by atoms with van der Waals surface area (Å²) in [6.07, 6.45) is 4.23. The molecule has 3 heterocycles. The van der Waals surface area contributed by atoms with E-state index in [0.717, 1.165) is 36.4 Å².